The van der Waals surface area contributed by atoms with Crippen LogP contribution in [0.5, 0.6) is 0 Å². The van der Waals surface area contributed by atoms with Crippen LogP contribution in [-0.2, 0) is 0 Å². The number of nitrogens with zero attached hydrogens (tertiary/aromatic N) is 1. The van der Waals surface area contributed by atoms with E-state index in [1.165, 1.54) is 11.3 Å². The minimum Gasteiger partial charge on any atom is -0.311 e. The highest BCUT2D eigenvalue weighted by Crippen LogP contribution is 2.32. The van der Waals surface area contributed by atoms with E-state index in [4.69, 9.17) is 11.6 Å². The van der Waals surface area contributed by atoms with Gasteiger partial charge in [0.1, 0.15) is 0 Å². The SMILES string of the molecule is CC(C)CC1CN(C(C)c2ccc(Cl)s2)C(C)CN1. The Labute approximate surface area is 126 Å². The molecule has 1 aromatic rings. The van der Waals surface area contributed by atoms with E-state index in [-0.39, 0.29) is 0 Å². The first kappa shape index (κ1) is 15.3. The Bertz CT molecular complexity index is 405. The Hall–Kier alpha value is -0.0900. The first-order valence-electron chi connectivity index (χ1n) is 7.21. The first-order valence-corrected chi connectivity index (χ1v) is 8.41. The Balaban J connectivity index is 2.04. The zero-order valence-corrected chi connectivity index (χ0v) is 13.9. The Morgan fingerprint density at radius 1 is 1.42 bits per heavy atom. The maximum atomic E-state index is 6.06. The molecule has 2 nitrogen and oxygen atoms in total. The molecule has 1 N–H and O–H groups in total. The van der Waals surface area contributed by atoms with E-state index >= 15 is 0 Å². The average molecular weight is 301 g/mol. The number of hydrogen-bond acceptors (Lipinski definition) is 3. The maximum absolute atomic E-state index is 6.06. The quantitative estimate of drug-likeness (QED) is 0.898. The van der Waals surface area contributed by atoms with Crippen LogP contribution in [0.25, 0.3) is 0 Å². The third kappa shape index (κ3) is 3.94. The van der Waals surface area contributed by atoms with Gasteiger partial charge in [0, 0.05) is 36.1 Å². The van der Waals surface area contributed by atoms with E-state index < -0.39 is 0 Å². The van der Waals surface area contributed by atoms with Crippen molar-refractivity contribution in [3.05, 3.63) is 21.3 Å². The highest BCUT2D eigenvalue weighted by molar-refractivity contribution is 7.16. The van der Waals surface area contributed by atoms with Gasteiger partial charge >= 0.3 is 0 Å². The van der Waals surface area contributed by atoms with Crippen molar-refractivity contribution in [1.82, 2.24) is 10.2 Å². The van der Waals surface area contributed by atoms with Crippen molar-refractivity contribution in [1.29, 1.82) is 0 Å². The van der Waals surface area contributed by atoms with E-state index in [0.29, 0.717) is 18.1 Å². The summed E-state index contributed by atoms with van der Waals surface area (Å²) in [6.45, 7) is 11.4. The molecule has 1 saturated heterocycles. The van der Waals surface area contributed by atoms with Gasteiger partial charge in [-0.2, -0.15) is 0 Å². The number of thiophene rings is 1. The molecule has 1 fully saturated rings. The molecule has 0 bridgehead atoms. The van der Waals surface area contributed by atoms with E-state index in [2.05, 4.69) is 44.0 Å². The van der Waals surface area contributed by atoms with Crippen LogP contribution in [0.2, 0.25) is 4.34 Å². The highest BCUT2D eigenvalue weighted by atomic mass is 35.5. The van der Waals surface area contributed by atoms with Crippen molar-refractivity contribution < 1.29 is 0 Å². The van der Waals surface area contributed by atoms with Crippen molar-refractivity contribution in [2.24, 2.45) is 5.92 Å². The fourth-order valence-electron chi connectivity index (χ4n) is 2.94. The molecule has 2 heterocycles. The lowest BCUT2D eigenvalue weighted by atomic mass is 9.99. The largest absolute Gasteiger partial charge is 0.311 e. The molecule has 3 atom stereocenters. The van der Waals surface area contributed by atoms with Crippen molar-refractivity contribution in [3.8, 4) is 0 Å². The summed E-state index contributed by atoms with van der Waals surface area (Å²) in [7, 11) is 0. The minimum absolute atomic E-state index is 0.462. The number of piperazine rings is 1. The summed E-state index contributed by atoms with van der Waals surface area (Å²) < 4.78 is 0.892. The summed E-state index contributed by atoms with van der Waals surface area (Å²) >= 11 is 7.77. The molecule has 1 aliphatic rings. The molecule has 1 aromatic heterocycles. The third-order valence-electron chi connectivity index (χ3n) is 3.96. The van der Waals surface area contributed by atoms with Gasteiger partial charge in [0.2, 0.25) is 0 Å². The lowest BCUT2D eigenvalue weighted by molar-refractivity contribution is 0.0938. The Morgan fingerprint density at radius 3 is 2.74 bits per heavy atom. The highest BCUT2D eigenvalue weighted by Gasteiger charge is 2.29. The number of hydrogen-bond donors (Lipinski definition) is 1. The Kier molecular flexibility index (Phi) is 5.29. The number of nitrogens with one attached hydrogen (secondary N) is 1. The monoisotopic (exact) mass is 300 g/mol. The normalized spacial score (nSPS) is 26.8. The molecule has 0 spiro atoms. The molecule has 0 amide bonds. The molecule has 0 saturated carbocycles. The zero-order chi connectivity index (χ0) is 14.0. The van der Waals surface area contributed by atoms with Gasteiger partial charge in [-0.3, -0.25) is 4.90 Å². The lowest BCUT2D eigenvalue weighted by Gasteiger charge is -2.42. The van der Waals surface area contributed by atoms with E-state index in [1.807, 2.05) is 6.07 Å². The predicted molar refractivity (Wildman–Crippen MR) is 85.2 cm³/mol. The van der Waals surface area contributed by atoms with Gasteiger partial charge in [0.25, 0.3) is 0 Å². The van der Waals surface area contributed by atoms with Crippen LogP contribution in [-0.4, -0.2) is 30.1 Å². The summed E-state index contributed by atoms with van der Waals surface area (Å²) in [4.78, 5) is 3.99. The Morgan fingerprint density at radius 2 is 2.16 bits per heavy atom. The molecule has 2 rings (SSSR count). The molecule has 4 heteroatoms. The van der Waals surface area contributed by atoms with Crippen molar-refractivity contribution in [2.75, 3.05) is 13.1 Å². The van der Waals surface area contributed by atoms with Crippen LogP contribution in [0, 0.1) is 5.92 Å². The molecule has 108 valence electrons. The summed E-state index contributed by atoms with van der Waals surface area (Å²) in [5.41, 5.74) is 0. The van der Waals surface area contributed by atoms with Crippen LogP contribution in [0.15, 0.2) is 12.1 Å². The molecule has 0 aromatic carbocycles. The van der Waals surface area contributed by atoms with Gasteiger partial charge in [-0.05, 0) is 38.3 Å². The molecule has 0 aliphatic carbocycles. The predicted octanol–water partition coefficient (Wildman–Crippen LogP) is 4.17. The second kappa shape index (κ2) is 6.57. The maximum Gasteiger partial charge on any atom is 0.0931 e. The second-order valence-electron chi connectivity index (χ2n) is 6.10. The van der Waals surface area contributed by atoms with Gasteiger partial charge in [-0.15, -0.1) is 11.3 Å². The van der Waals surface area contributed by atoms with Crippen LogP contribution < -0.4 is 5.32 Å². The smallest absolute Gasteiger partial charge is 0.0931 e. The van der Waals surface area contributed by atoms with E-state index in [9.17, 15) is 0 Å². The van der Waals surface area contributed by atoms with Gasteiger partial charge in [-0.25, -0.2) is 0 Å². The average Bonchev–Trinajstić information content (AvgIpc) is 2.77. The fraction of sp³-hybridized carbons (Fsp3) is 0.733. The summed E-state index contributed by atoms with van der Waals surface area (Å²) in [5.74, 6) is 0.749. The van der Waals surface area contributed by atoms with Gasteiger partial charge in [-0.1, -0.05) is 25.4 Å². The molecule has 19 heavy (non-hydrogen) atoms. The number of halogens is 1. The van der Waals surface area contributed by atoms with Crippen LogP contribution in [0.4, 0.5) is 0 Å². The van der Waals surface area contributed by atoms with Crippen molar-refractivity contribution in [2.45, 2.75) is 52.2 Å². The van der Waals surface area contributed by atoms with Gasteiger partial charge in [0.05, 0.1) is 4.34 Å². The second-order valence-corrected chi connectivity index (χ2v) is 7.85. The minimum atomic E-state index is 0.462. The van der Waals surface area contributed by atoms with Crippen LogP contribution in [0.3, 0.4) is 0 Å². The summed E-state index contributed by atoms with van der Waals surface area (Å²) in [5, 5.41) is 3.68. The van der Waals surface area contributed by atoms with Crippen molar-refractivity contribution >= 4 is 22.9 Å². The topological polar surface area (TPSA) is 15.3 Å². The van der Waals surface area contributed by atoms with Gasteiger partial charge in [0.15, 0.2) is 0 Å². The number of rotatable bonds is 4. The van der Waals surface area contributed by atoms with Crippen molar-refractivity contribution in [3.63, 3.8) is 0 Å². The van der Waals surface area contributed by atoms with Crippen LogP contribution in [0.1, 0.15) is 45.0 Å². The molecule has 1 aliphatic heterocycles. The summed E-state index contributed by atoms with van der Waals surface area (Å²) in [6, 6.07) is 5.85. The fourth-order valence-corrected chi connectivity index (χ4v) is 4.07. The summed E-state index contributed by atoms with van der Waals surface area (Å²) in [6.07, 6.45) is 1.25. The lowest BCUT2D eigenvalue weighted by Crippen LogP contribution is -2.56. The molecular weight excluding hydrogens is 276 g/mol. The third-order valence-corrected chi connectivity index (χ3v) is 5.36. The van der Waals surface area contributed by atoms with E-state index in [1.54, 1.807) is 11.3 Å². The molecule has 3 unspecified atom stereocenters. The zero-order valence-electron chi connectivity index (χ0n) is 12.3. The van der Waals surface area contributed by atoms with E-state index in [0.717, 1.165) is 23.3 Å². The molecular formula is C15H25ClN2S. The standard InChI is InChI=1S/C15H25ClN2S/c1-10(2)7-13-9-18(11(3)8-17-13)12(4)14-5-6-15(16)19-14/h5-6,10-13,17H,7-9H2,1-4H3. The van der Waals surface area contributed by atoms with Gasteiger partial charge < -0.3 is 5.32 Å². The molecule has 0 radical (unpaired) electrons. The van der Waals surface area contributed by atoms with Crippen LogP contribution >= 0.6 is 22.9 Å². The first-order chi connectivity index (χ1) is 8.97.